The molecule has 1 aliphatic heterocycles. The summed E-state index contributed by atoms with van der Waals surface area (Å²) in [6.07, 6.45) is 8.58. The van der Waals surface area contributed by atoms with E-state index < -0.39 is 0 Å². The van der Waals surface area contributed by atoms with Crippen molar-refractivity contribution in [2.24, 2.45) is 5.92 Å². The zero-order valence-electron chi connectivity index (χ0n) is 20.2. The van der Waals surface area contributed by atoms with Crippen molar-refractivity contribution in [3.05, 3.63) is 53.9 Å². The molecule has 1 atom stereocenters. The molecule has 4 rings (SSSR count). The standard InChI is InChI=1S/C27H37N3O3/c1-20(2)30(25(31)15-14-21-9-4-5-10-21)19-26(32)29-18-17-28-16-8-12-23(28)27(29)22-11-6-7-13-24(22)33-3/h6-8,11-13,16,20-21,27H,4-5,9-10,14-15,17-19H2,1-3H3. The average molecular weight is 452 g/mol. The van der Waals surface area contributed by atoms with Gasteiger partial charge in [0.05, 0.1) is 7.11 Å². The van der Waals surface area contributed by atoms with Gasteiger partial charge in [0.2, 0.25) is 11.8 Å². The van der Waals surface area contributed by atoms with E-state index in [-0.39, 0.29) is 30.4 Å². The SMILES string of the molecule is COc1ccccc1C1c2cccn2CCN1C(=O)CN(C(=O)CCC1CCCC1)C(C)C. The Morgan fingerprint density at radius 3 is 2.58 bits per heavy atom. The molecule has 33 heavy (non-hydrogen) atoms. The molecule has 6 heteroatoms. The number of hydrogen-bond acceptors (Lipinski definition) is 3. The van der Waals surface area contributed by atoms with E-state index in [1.807, 2.05) is 49.1 Å². The summed E-state index contributed by atoms with van der Waals surface area (Å²) in [6.45, 7) is 5.47. The monoisotopic (exact) mass is 451 g/mol. The quantitative estimate of drug-likeness (QED) is 0.588. The average Bonchev–Trinajstić information content (AvgIpc) is 3.52. The van der Waals surface area contributed by atoms with E-state index in [0.29, 0.717) is 18.9 Å². The highest BCUT2D eigenvalue weighted by molar-refractivity contribution is 5.85. The normalized spacial score (nSPS) is 18.4. The van der Waals surface area contributed by atoms with E-state index in [9.17, 15) is 9.59 Å². The lowest BCUT2D eigenvalue weighted by Gasteiger charge is -2.39. The van der Waals surface area contributed by atoms with Crippen molar-refractivity contribution in [2.45, 2.75) is 71.0 Å². The van der Waals surface area contributed by atoms with Crippen LogP contribution in [0.3, 0.4) is 0 Å². The molecule has 6 nitrogen and oxygen atoms in total. The molecule has 0 N–H and O–H groups in total. The van der Waals surface area contributed by atoms with E-state index in [2.05, 4.69) is 16.8 Å². The molecule has 0 radical (unpaired) electrons. The van der Waals surface area contributed by atoms with Gasteiger partial charge >= 0.3 is 0 Å². The van der Waals surface area contributed by atoms with Crippen molar-refractivity contribution in [3.8, 4) is 5.75 Å². The predicted molar refractivity (Wildman–Crippen MR) is 129 cm³/mol. The lowest BCUT2D eigenvalue weighted by atomic mass is 9.98. The van der Waals surface area contributed by atoms with E-state index >= 15 is 0 Å². The summed E-state index contributed by atoms with van der Waals surface area (Å²) < 4.78 is 7.85. The molecule has 1 aliphatic carbocycles. The Kier molecular flexibility index (Phi) is 7.41. The Balaban J connectivity index is 1.54. The van der Waals surface area contributed by atoms with Crippen molar-refractivity contribution in [1.82, 2.24) is 14.4 Å². The van der Waals surface area contributed by atoms with E-state index in [4.69, 9.17) is 4.74 Å². The minimum Gasteiger partial charge on any atom is -0.496 e. The molecule has 1 fully saturated rings. The number of methoxy groups -OCH3 is 1. The number of ether oxygens (including phenoxy) is 1. The predicted octanol–water partition coefficient (Wildman–Crippen LogP) is 4.64. The number of carbonyl (C=O) groups excluding carboxylic acids is 2. The second-order valence-corrected chi connectivity index (χ2v) is 9.66. The maximum Gasteiger partial charge on any atom is 0.243 e. The van der Waals surface area contributed by atoms with Crippen molar-refractivity contribution in [2.75, 3.05) is 20.2 Å². The summed E-state index contributed by atoms with van der Waals surface area (Å²) >= 11 is 0. The fourth-order valence-corrected chi connectivity index (χ4v) is 5.44. The fourth-order valence-electron chi connectivity index (χ4n) is 5.44. The van der Waals surface area contributed by atoms with Crippen molar-refractivity contribution < 1.29 is 14.3 Å². The van der Waals surface area contributed by atoms with E-state index in [1.54, 1.807) is 12.0 Å². The van der Waals surface area contributed by atoms with Gasteiger partial charge in [-0.3, -0.25) is 9.59 Å². The maximum absolute atomic E-state index is 13.7. The Morgan fingerprint density at radius 2 is 1.85 bits per heavy atom. The fraction of sp³-hybridized carbons (Fsp3) is 0.556. The van der Waals surface area contributed by atoms with Crippen LogP contribution in [0.2, 0.25) is 0 Å². The molecule has 178 valence electrons. The summed E-state index contributed by atoms with van der Waals surface area (Å²) in [5, 5.41) is 0. The molecule has 1 saturated carbocycles. The number of fused-ring (bicyclic) bond motifs is 1. The van der Waals surface area contributed by atoms with E-state index in [1.165, 1.54) is 25.7 Å². The van der Waals surface area contributed by atoms with Gasteiger partial charge in [-0.25, -0.2) is 0 Å². The molecule has 1 aromatic carbocycles. The third-order valence-electron chi connectivity index (χ3n) is 7.28. The summed E-state index contributed by atoms with van der Waals surface area (Å²) in [4.78, 5) is 30.5. The highest BCUT2D eigenvalue weighted by atomic mass is 16.5. The lowest BCUT2D eigenvalue weighted by Crippen LogP contribution is -2.49. The van der Waals surface area contributed by atoms with Crippen LogP contribution in [0.1, 0.15) is 69.7 Å². The molecule has 2 aliphatic rings. The molecule has 2 amide bonds. The number of hydrogen-bond donors (Lipinski definition) is 0. The molecule has 0 bridgehead atoms. The van der Waals surface area contributed by atoms with Crippen LogP contribution in [0, 0.1) is 5.92 Å². The molecule has 2 heterocycles. The Labute approximate surface area is 197 Å². The van der Waals surface area contributed by atoms with Crippen LogP contribution < -0.4 is 4.74 Å². The van der Waals surface area contributed by atoms with Crippen molar-refractivity contribution >= 4 is 11.8 Å². The van der Waals surface area contributed by atoms with Gasteiger partial charge in [0.25, 0.3) is 0 Å². The van der Waals surface area contributed by atoms with Gasteiger partial charge in [0.1, 0.15) is 18.3 Å². The topological polar surface area (TPSA) is 54.8 Å². The first-order chi connectivity index (χ1) is 16.0. The number of nitrogens with zero attached hydrogens (tertiary/aromatic N) is 3. The van der Waals surface area contributed by atoms with Crippen LogP contribution in [0.4, 0.5) is 0 Å². The number of rotatable bonds is 8. The van der Waals surface area contributed by atoms with Crippen LogP contribution in [0.5, 0.6) is 5.75 Å². The lowest BCUT2D eigenvalue weighted by molar-refractivity contribution is -0.143. The first-order valence-corrected chi connectivity index (χ1v) is 12.4. The van der Waals surface area contributed by atoms with Crippen LogP contribution in [0.25, 0.3) is 0 Å². The van der Waals surface area contributed by atoms with Crippen molar-refractivity contribution in [3.63, 3.8) is 0 Å². The Bertz CT molecular complexity index is 961. The first kappa shape index (κ1) is 23.4. The van der Waals surface area contributed by atoms with Crippen LogP contribution in [0.15, 0.2) is 42.6 Å². The number of para-hydroxylation sites is 1. The second kappa shape index (κ2) is 10.4. The second-order valence-electron chi connectivity index (χ2n) is 9.66. The van der Waals surface area contributed by atoms with Gasteiger partial charge in [0, 0.05) is 43.0 Å². The number of aromatic nitrogens is 1. The van der Waals surface area contributed by atoms with Gasteiger partial charge in [-0.2, -0.15) is 0 Å². The summed E-state index contributed by atoms with van der Waals surface area (Å²) in [7, 11) is 1.66. The Hall–Kier alpha value is -2.76. The zero-order chi connectivity index (χ0) is 23.4. The Morgan fingerprint density at radius 1 is 1.09 bits per heavy atom. The first-order valence-electron chi connectivity index (χ1n) is 12.4. The number of amides is 2. The zero-order valence-corrected chi connectivity index (χ0v) is 20.2. The molecule has 1 unspecified atom stereocenters. The minimum absolute atomic E-state index is 0.0107. The van der Waals surface area contributed by atoms with Crippen molar-refractivity contribution in [1.29, 1.82) is 0 Å². The summed E-state index contributed by atoms with van der Waals surface area (Å²) in [6, 6.07) is 11.7. The molecule has 1 aromatic heterocycles. The van der Waals surface area contributed by atoms with Crippen LogP contribution in [-0.2, 0) is 16.1 Å². The van der Waals surface area contributed by atoms with Gasteiger partial charge in [-0.05, 0) is 44.4 Å². The maximum atomic E-state index is 13.7. The minimum atomic E-state index is -0.236. The molecular formula is C27H37N3O3. The van der Waals surface area contributed by atoms with Crippen LogP contribution in [-0.4, -0.2) is 52.4 Å². The van der Waals surface area contributed by atoms with Gasteiger partial charge in [0.15, 0.2) is 0 Å². The smallest absolute Gasteiger partial charge is 0.243 e. The summed E-state index contributed by atoms with van der Waals surface area (Å²) in [5.74, 6) is 1.52. The third-order valence-corrected chi connectivity index (χ3v) is 7.28. The van der Waals surface area contributed by atoms with Gasteiger partial charge in [-0.15, -0.1) is 0 Å². The summed E-state index contributed by atoms with van der Waals surface area (Å²) in [5.41, 5.74) is 2.04. The van der Waals surface area contributed by atoms with Gasteiger partial charge in [-0.1, -0.05) is 43.9 Å². The number of carbonyl (C=O) groups is 2. The molecular weight excluding hydrogens is 414 g/mol. The highest BCUT2D eigenvalue weighted by Crippen LogP contribution is 2.37. The van der Waals surface area contributed by atoms with Crippen LogP contribution >= 0.6 is 0 Å². The third kappa shape index (κ3) is 5.10. The highest BCUT2D eigenvalue weighted by Gasteiger charge is 2.35. The van der Waals surface area contributed by atoms with E-state index in [0.717, 1.165) is 30.0 Å². The molecule has 2 aromatic rings. The molecule has 0 saturated heterocycles. The van der Waals surface area contributed by atoms with Gasteiger partial charge < -0.3 is 19.1 Å². The molecule has 0 spiro atoms. The largest absolute Gasteiger partial charge is 0.496 e. The number of benzene rings is 1.